The van der Waals surface area contributed by atoms with Crippen molar-refractivity contribution in [2.24, 2.45) is 0 Å². The molecule has 0 spiro atoms. The molecule has 1 aromatic heterocycles. The maximum atomic E-state index is 12.0. The van der Waals surface area contributed by atoms with Crippen molar-refractivity contribution in [3.8, 4) is 0 Å². The number of imidazole rings is 1. The quantitative estimate of drug-likeness (QED) is 0.859. The first-order valence-electron chi connectivity index (χ1n) is 6.24. The summed E-state index contributed by atoms with van der Waals surface area (Å²) >= 11 is 5.95. The van der Waals surface area contributed by atoms with Crippen LogP contribution in [-0.2, 0) is 4.74 Å². The Balaban J connectivity index is 2.43. The number of hydrogen-bond donors (Lipinski definition) is 1. The summed E-state index contributed by atoms with van der Waals surface area (Å²) in [7, 11) is 0. The molecule has 106 valence electrons. The van der Waals surface area contributed by atoms with Gasteiger partial charge in [0, 0.05) is 0 Å². The fraction of sp³-hybridized carbons (Fsp3) is 0.286. The van der Waals surface area contributed by atoms with Crippen LogP contribution >= 0.6 is 11.6 Å². The monoisotopic (exact) mass is 294 g/mol. The van der Waals surface area contributed by atoms with Crippen molar-refractivity contribution < 1.29 is 14.6 Å². The number of esters is 1. The fourth-order valence-electron chi connectivity index (χ4n) is 1.99. The number of nitrogens with zero attached hydrogens (tertiary/aromatic N) is 2. The largest absolute Gasteiger partial charge is 0.461 e. The number of aliphatic hydroxyl groups is 1. The minimum absolute atomic E-state index is 0.0674. The molecule has 1 unspecified atom stereocenters. The molecular formula is C14H15ClN2O3. The lowest BCUT2D eigenvalue weighted by Crippen LogP contribution is -2.20. The van der Waals surface area contributed by atoms with Gasteiger partial charge in [-0.25, -0.2) is 9.78 Å². The van der Waals surface area contributed by atoms with Crippen LogP contribution in [0, 0.1) is 0 Å². The summed E-state index contributed by atoms with van der Waals surface area (Å²) in [6, 6.07) is 8.90. The first kappa shape index (κ1) is 14.6. The van der Waals surface area contributed by atoms with Crippen LogP contribution < -0.4 is 0 Å². The number of benzene rings is 1. The molecule has 0 saturated carbocycles. The van der Waals surface area contributed by atoms with Crippen LogP contribution in [0.2, 0.25) is 5.15 Å². The third kappa shape index (κ3) is 2.84. The molecule has 0 amide bonds. The zero-order valence-electron chi connectivity index (χ0n) is 11.0. The number of ether oxygens (including phenoxy) is 1. The Bertz CT molecular complexity index is 583. The molecule has 1 heterocycles. The summed E-state index contributed by atoms with van der Waals surface area (Å²) in [5, 5.41) is 9.70. The van der Waals surface area contributed by atoms with Gasteiger partial charge in [-0.15, -0.1) is 0 Å². The summed E-state index contributed by atoms with van der Waals surface area (Å²) in [6.07, 6.45) is 1.43. The van der Waals surface area contributed by atoms with Gasteiger partial charge in [0.05, 0.1) is 25.6 Å². The molecule has 1 atom stereocenters. The highest BCUT2D eigenvalue weighted by atomic mass is 35.5. The average Bonchev–Trinajstić information content (AvgIpc) is 2.83. The number of aliphatic hydroxyl groups excluding tert-OH is 1. The van der Waals surface area contributed by atoms with E-state index < -0.39 is 12.0 Å². The molecule has 2 rings (SSSR count). The maximum Gasteiger partial charge on any atom is 0.358 e. The van der Waals surface area contributed by atoms with Crippen LogP contribution in [0.4, 0.5) is 0 Å². The topological polar surface area (TPSA) is 64.3 Å². The van der Waals surface area contributed by atoms with Crippen molar-refractivity contribution in [3.05, 3.63) is 53.1 Å². The summed E-state index contributed by atoms with van der Waals surface area (Å²) < 4.78 is 6.51. The van der Waals surface area contributed by atoms with E-state index in [9.17, 15) is 9.90 Å². The van der Waals surface area contributed by atoms with Crippen molar-refractivity contribution in [1.29, 1.82) is 0 Å². The number of carbonyl (C=O) groups is 1. The maximum absolute atomic E-state index is 12.0. The lowest BCUT2D eigenvalue weighted by molar-refractivity contribution is 0.0511. The van der Waals surface area contributed by atoms with Crippen LogP contribution in [0.3, 0.4) is 0 Å². The third-order valence-corrected chi connectivity index (χ3v) is 3.19. The number of halogens is 1. The van der Waals surface area contributed by atoms with Crippen molar-refractivity contribution >= 4 is 17.6 Å². The number of carbonyl (C=O) groups excluding carboxylic acids is 1. The van der Waals surface area contributed by atoms with Gasteiger partial charge in [-0.2, -0.15) is 0 Å². The minimum atomic E-state index is -0.551. The molecule has 0 saturated heterocycles. The van der Waals surface area contributed by atoms with Crippen molar-refractivity contribution in [1.82, 2.24) is 9.55 Å². The highest BCUT2D eigenvalue weighted by molar-refractivity contribution is 6.32. The molecule has 6 heteroatoms. The molecule has 1 N–H and O–H groups in total. The Morgan fingerprint density at radius 1 is 1.45 bits per heavy atom. The molecule has 20 heavy (non-hydrogen) atoms. The van der Waals surface area contributed by atoms with E-state index in [4.69, 9.17) is 16.3 Å². The third-order valence-electron chi connectivity index (χ3n) is 2.91. The van der Waals surface area contributed by atoms with E-state index in [2.05, 4.69) is 4.98 Å². The highest BCUT2D eigenvalue weighted by Crippen LogP contribution is 2.24. The minimum Gasteiger partial charge on any atom is -0.461 e. The molecule has 0 fully saturated rings. The second kappa shape index (κ2) is 6.54. The van der Waals surface area contributed by atoms with Crippen molar-refractivity contribution in [2.45, 2.75) is 13.0 Å². The molecule has 0 bridgehead atoms. The van der Waals surface area contributed by atoms with E-state index in [-0.39, 0.29) is 24.1 Å². The molecule has 0 aliphatic rings. The van der Waals surface area contributed by atoms with Gasteiger partial charge in [0.1, 0.15) is 0 Å². The average molecular weight is 295 g/mol. The summed E-state index contributed by atoms with van der Waals surface area (Å²) in [5.41, 5.74) is 1.01. The number of rotatable bonds is 5. The van der Waals surface area contributed by atoms with Crippen LogP contribution in [-0.4, -0.2) is 33.8 Å². The second-order valence-corrected chi connectivity index (χ2v) is 4.48. The fourth-order valence-corrected chi connectivity index (χ4v) is 2.21. The Morgan fingerprint density at radius 3 is 2.75 bits per heavy atom. The van der Waals surface area contributed by atoms with Gasteiger partial charge < -0.3 is 14.4 Å². The molecule has 1 aromatic carbocycles. The van der Waals surface area contributed by atoms with Gasteiger partial charge >= 0.3 is 5.97 Å². The van der Waals surface area contributed by atoms with Crippen LogP contribution in [0.1, 0.15) is 29.0 Å². The van der Waals surface area contributed by atoms with Gasteiger partial charge in [-0.3, -0.25) is 0 Å². The highest BCUT2D eigenvalue weighted by Gasteiger charge is 2.24. The van der Waals surface area contributed by atoms with Crippen LogP contribution in [0.25, 0.3) is 0 Å². The normalized spacial score (nSPS) is 12.2. The summed E-state index contributed by atoms with van der Waals surface area (Å²) in [6.45, 7) is 1.78. The van der Waals surface area contributed by atoms with Gasteiger partial charge in [0.25, 0.3) is 0 Å². The van der Waals surface area contributed by atoms with E-state index in [0.717, 1.165) is 5.56 Å². The van der Waals surface area contributed by atoms with Gasteiger partial charge in [-0.1, -0.05) is 41.9 Å². The molecule has 0 radical (unpaired) electrons. The van der Waals surface area contributed by atoms with E-state index >= 15 is 0 Å². The summed E-state index contributed by atoms with van der Waals surface area (Å²) in [5.74, 6) is -0.551. The lowest BCUT2D eigenvalue weighted by Gasteiger charge is -2.18. The zero-order chi connectivity index (χ0) is 14.5. The van der Waals surface area contributed by atoms with E-state index in [0.29, 0.717) is 0 Å². The molecule has 2 aromatic rings. The molecule has 0 aliphatic carbocycles. The predicted molar refractivity (Wildman–Crippen MR) is 74.9 cm³/mol. The zero-order valence-corrected chi connectivity index (χ0v) is 11.7. The molecular weight excluding hydrogens is 280 g/mol. The van der Waals surface area contributed by atoms with E-state index in [1.54, 1.807) is 6.92 Å². The van der Waals surface area contributed by atoms with E-state index in [1.807, 2.05) is 30.3 Å². The SMILES string of the molecule is CCOC(=O)c1c(Cl)ncn1C(CO)c1ccccc1. The Hall–Kier alpha value is -1.85. The molecule has 5 nitrogen and oxygen atoms in total. The summed E-state index contributed by atoms with van der Waals surface area (Å²) in [4.78, 5) is 15.9. The lowest BCUT2D eigenvalue weighted by atomic mass is 10.1. The van der Waals surface area contributed by atoms with Crippen LogP contribution in [0.5, 0.6) is 0 Å². The first-order chi connectivity index (χ1) is 9.69. The van der Waals surface area contributed by atoms with Crippen molar-refractivity contribution in [2.75, 3.05) is 13.2 Å². The van der Waals surface area contributed by atoms with Gasteiger partial charge in [0.2, 0.25) is 0 Å². The second-order valence-electron chi connectivity index (χ2n) is 4.12. The predicted octanol–water partition coefficient (Wildman–Crippen LogP) is 2.29. The van der Waals surface area contributed by atoms with Crippen molar-refractivity contribution in [3.63, 3.8) is 0 Å². The van der Waals surface area contributed by atoms with Gasteiger partial charge in [-0.05, 0) is 12.5 Å². The van der Waals surface area contributed by atoms with Crippen LogP contribution in [0.15, 0.2) is 36.7 Å². The standard InChI is InChI=1S/C14H15ClN2O3/c1-2-20-14(19)12-13(15)16-9-17(12)11(8-18)10-6-4-3-5-7-10/h3-7,9,11,18H,2,8H2,1H3. The molecule has 0 aliphatic heterocycles. The first-order valence-corrected chi connectivity index (χ1v) is 6.62. The Morgan fingerprint density at radius 2 is 2.15 bits per heavy atom. The number of aromatic nitrogens is 2. The Kier molecular flexibility index (Phi) is 4.76. The number of hydrogen-bond acceptors (Lipinski definition) is 4. The van der Waals surface area contributed by atoms with E-state index in [1.165, 1.54) is 10.9 Å². The smallest absolute Gasteiger partial charge is 0.358 e. The van der Waals surface area contributed by atoms with Gasteiger partial charge in [0.15, 0.2) is 10.8 Å². The Labute approximate surface area is 121 Å².